The van der Waals surface area contributed by atoms with Crippen LogP contribution in [0.4, 0.5) is 0 Å². The summed E-state index contributed by atoms with van der Waals surface area (Å²) in [5.74, 6) is 0. The van der Waals surface area contributed by atoms with E-state index in [1.54, 1.807) is 6.20 Å². The van der Waals surface area contributed by atoms with Gasteiger partial charge in [-0.3, -0.25) is 0 Å². The van der Waals surface area contributed by atoms with Crippen molar-refractivity contribution in [2.24, 2.45) is 0 Å². The van der Waals surface area contributed by atoms with Crippen LogP contribution in [0.2, 0.25) is 0 Å². The molecule has 0 saturated carbocycles. The Hall–Kier alpha value is -0.740. The van der Waals surface area contributed by atoms with E-state index in [-0.39, 0.29) is 0 Å². The van der Waals surface area contributed by atoms with Gasteiger partial charge in [-0.15, -0.1) is 0 Å². The fourth-order valence-electron chi connectivity index (χ4n) is 0.788. The number of aromatic nitrogens is 2. The van der Waals surface area contributed by atoms with Crippen LogP contribution in [-0.4, -0.2) is 9.36 Å². The minimum atomic E-state index is 0.757. The average molecular weight is 168 g/mol. The predicted molar refractivity (Wildman–Crippen MR) is 44.8 cm³/mol. The lowest BCUT2D eigenvalue weighted by atomic mass is 10.4. The highest BCUT2D eigenvalue weighted by molar-refractivity contribution is 7.71. The summed E-state index contributed by atoms with van der Waals surface area (Å²) in [6.45, 7) is 0. The number of hydrogen-bond donors (Lipinski definition) is 1. The van der Waals surface area contributed by atoms with E-state index in [4.69, 9.17) is 12.2 Å². The average Bonchev–Trinajstić information content (AvgIpc) is 2.33. The Morgan fingerprint density at radius 3 is 3.30 bits per heavy atom. The minimum Gasteiger partial charge on any atom is -0.344 e. The lowest BCUT2D eigenvalue weighted by Gasteiger charge is -1.84. The zero-order valence-corrected chi connectivity index (χ0v) is 6.63. The highest BCUT2D eigenvalue weighted by Gasteiger charge is 1.91. The summed E-state index contributed by atoms with van der Waals surface area (Å²) in [4.78, 5) is 3.03. The number of nitrogens with zero attached hydrogens (tertiary/aromatic N) is 1. The first kappa shape index (κ1) is 6.00. The van der Waals surface area contributed by atoms with Crippen molar-refractivity contribution in [3.63, 3.8) is 0 Å². The van der Waals surface area contributed by atoms with Crippen molar-refractivity contribution in [2.75, 3.05) is 0 Å². The number of aromatic amines is 1. The van der Waals surface area contributed by atoms with Crippen LogP contribution in [0.3, 0.4) is 0 Å². The Bertz CT molecular complexity index is 401. The van der Waals surface area contributed by atoms with Crippen molar-refractivity contribution in [1.82, 2.24) is 9.36 Å². The molecule has 2 rings (SSSR count). The summed E-state index contributed by atoms with van der Waals surface area (Å²) >= 11 is 6.40. The van der Waals surface area contributed by atoms with Crippen LogP contribution in [0.5, 0.6) is 0 Å². The molecule has 0 amide bonds. The number of rotatable bonds is 0. The summed E-state index contributed by atoms with van der Waals surface area (Å²) < 4.78 is 5.91. The second kappa shape index (κ2) is 2.14. The highest BCUT2D eigenvalue weighted by Crippen LogP contribution is 2.13. The van der Waals surface area contributed by atoms with Crippen LogP contribution >= 0.6 is 23.8 Å². The lowest BCUT2D eigenvalue weighted by molar-refractivity contribution is 1.38. The van der Waals surface area contributed by atoms with Crippen molar-refractivity contribution < 1.29 is 0 Å². The van der Waals surface area contributed by atoms with Crippen LogP contribution in [-0.2, 0) is 0 Å². The second-order valence-electron chi connectivity index (χ2n) is 1.93. The van der Waals surface area contributed by atoms with Crippen molar-refractivity contribution in [2.45, 2.75) is 0 Å². The Morgan fingerprint density at radius 1 is 1.50 bits per heavy atom. The molecule has 2 aromatic rings. The lowest BCUT2D eigenvalue weighted by Crippen LogP contribution is -1.70. The first-order valence-electron chi connectivity index (χ1n) is 2.80. The van der Waals surface area contributed by atoms with Gasteiger partial charge in [-0.2, -0.15) is 4.37 Å². The van der Waals surface area contributed by atoms with Gasteiger partial charge in [0.25, 0.3) is 0 Å². The number of H-pyrrole nitrogens is 1. The summed E-state index contributed by atoms with van der Waals surface area (Å²) in [6, 6.07) is 3.85. The third-order valence-electron chi connectivity index (χ3n) is 1.24. The van der Waals surface area contributed by atoms with Gasteiger partial charge in [0.15, 0.2) is 0 Å². The van der Waals surface area contributed by atoms with Gasteiger partial charge in [-0.1, -0.05) is 12.2 Å². The van der Waals surface area contributed by atoms with Gasteiger partial charge in [0.2, 0.25) is 0 Å². The molecule has 2 nitrogen and oxygen atoms in total. The molecule has 0 aliphatic heterocycles. The van der Waals surface area contributed by atoms with E-state index in [0.717, 1.165) is 14.9 Å². The van der Waals surface area contributed by atoms with Crippen molar-refractivity contribution in [3.05, 3.63) is 23.0 Å². The Labute approximate surface area is 66.7 Å². The van der Waals surface area contributed by atoms with E-state index in [1.807, 2.05) is 12.1 Å². The van der Waals surface area contributed by atoms with Crippen LogP contribution in [0.1, 0.15) is 0 Å². The molecule has 10 heavy (non-hydrogen) atoms. The number of nitrogens with one attached hydrogen (secondary N) is 1. The molecule has 4 heteroatoms. The molecule has 0 aromatic carbocycles. The van der Waals surface area contributed by atoms with Gasteiger partial charge in [-0.05, 0) is 23.7 Å². The molecule has 0 unspecified atom stereocenters. The fraction of sp³-hybridized carbons (Fsp3) is 0. The van der Waals surface area contributed by atoms with Crippen molar-refractivity contribution in [1.29, 1.82) is 0 Å². The quantitative estimate of drug-likeness (QED) is 0.612. The van der Waals surface area contributed by atoms with Crippen molar-refractivity contribution in [3.8, 4) is 0 Å². The van der Waals surface area contributed by atoms with Crippen LogP contribution in [0.15, 0.2) is 18.3 Å². The SMILES string of the molecule is S=c1ccc2sncc2[nH]1. The maximum absolute atomic E-state index is 4.93. The van der Waals surface area contributed by atoms with Gasteiger partial charge >= 0.3 is 0 Å². The molecular weight excluding hydrogens is 164 g/mol. The molecule has 0 atom stereocenters. The first-order chi connectivity index (χ1) is 4.86. The van der Waals surface area contributed by atoms with E-state index in [0.29, 0.717) is 0 Å². The Balaban J connectivity index is 2.99. The number of fused-ring (bicyclic) bond motifs is 1. The predicted octanol–water partition coefficient (Wildman–Crippen LogP) is 2.35. The minimum absolute atomic E-state index is 0.757. The summed E-state index contributed by atoms with van der Waals surface area (Å²) in [6.07, 6.45) is 1.79. The monoisotopic (exact) mass is 168 g/mol. The van der Waals surface area contributed by atoms with Crippen LogP contribution in [0, 0.1) is 4.64 Å². The largest absolute Gasteiger partial charge is 0.344 e. The molecule has 50 valence electrons. The molecule has 0 aliphatic carbocycles. The molecule has 0 radical (unpaired) electrons. The molecule has 0 aliphatic rings. The summed E-state index contributed by atoms with van der Waals surface area (Å²) in [7, 11) is 0. The summed E-state index contributed by atoms with van der Waals surface area (Å²) in [5.41, 5.74) is 1.03. The first-order valence-corrected chi connectivity index (χ1v) is 3.98. The Kier molecular flexibility index (Phi) is 1.28. The maximum atomic E-state index is 4.93. The molecule has 0 bridgehead atoms. The molecule has 0 fully saturated rings. The molecule has 2 heterocycles. The van der Waals surface area contributed by atoms with E-state index in [2.05, 4.69) is 9.36 Å². The zero-order valence-electron chi connectivity index (χ0n) is 5.00. The topological polar surface area (TPSA) is 28.7 Å². The van der Waals surface area contributed by atoms with Gasteiger partial charge in [0.05, 0.1) is 16.4 Å². The van der Waals surface area contributed by atoms with Gasteiger partial charge in [0, 0.05) is 0 Å². The third kappa shape index (κ3) is 0.853. The Morgan fingerprint density at radius 2 is 2.40 bits per heavy atom. The third-order valence-corrected chi connectivity index (χ3v) is 2.24. The molecule has 2 aromatic heterocycles. The molecule has 0 spiro atoms. The normalized spacial score (nSPS) is 10.4. The fourth-order valence-corrected chi connectivity index (χ4v) is 1.57. The van der Waals surface area contributed by atoms with Crippen LogP contribution < -0.4 is 0 Å². The molecule has 0 saturated heterocycles. The smallest absolute Gasteiger partial charge is 0.103 e. The van der Waals surface area contributed by atoms with Gasteiger partial charge in [0.1, 0.15) is 4.64 Å². The van der Waals surface area contributed by atoms with Gasteiger partial charge in [-0.25, -0.2) is 0 Å². The molecule has 1 N–H and O–H groups in total. The van der Waals surface area contributed by atoms with Gasteiger partial charge < -0.3 is 4.98 Å². The molecular formula is C6H4N2S2. The van der Waals surface area contributed by atoms with E-state index in [9.17, 15) is 0 Å². The van der Waals surface area contributed by atoms with E-state index >= 15 is 0 Å². The number of hydrogen-bond acceptors (Lipinski definition) is 3. The number of pyridine rings is 1. The maximum Gasteiger partial charge on any atom is 0.103 e. The summed E-state index contributed by atoms with van der Waals surface area (Å²) in [5, 5.41) is 0. The van der Waals surface area contributed by atoms with Crippen LogP contribution in [0.25, 0.3) is 10.2 Å². The van der Waals surface area contributed by atoms with E-state index < -0.39 is 0 Å². The van der Waals surface area contributed by atoms with E-state index in [1.165, 1.54) is 11.5 Å². The van der Waals surface area contributed by atoms with Crippen molar-refractivity contribution >= 4 is 34.0 Å². The highest BCUT2D eigenvalue weighted by atomic mass is 32.1. The second-order valence-corrected chi connectivity index (χ2v) is 3.20. The standard InChI is InChI=1S/C6H4N2S2/c9-6-2-1-5-4(8-6)3-7-10-5/h1-3H,(H,8,9). The zero-order chi connectivity index (χ0) is 6.97.